The van der Waals surface area contributed by atoms with Gasteiger partial charge in [0, 0.05) is 15.2 Å². The van der Waals surface area contributed by atoms with Gasteiger partial charge in [-0.2, -0.15) is 0 Å². The Bertz CT molecular complexity index is 500. The molecule has 0 aromatic heterocycles. The highest BCUT2D eigenvalue weighted by Gasteiger charge is 2.17. The first-order valence-electron chi connectivity index (χ1n) is 5.67. The van der Waals surface area contributed by atoms with Gasteiger partial charge in [-0.05, 0) is 37.0 Å². The van der Waals surface area contributed by atoms with E-state index >= 15 is 0 Å². The minimum atomic E-state index is -3.79. The van der Waals surface area contributed by atoms with Gasteiger partial charge < -0.3 is 4.74 Å². The van der Waals surface area contributed by atoms with Crippen LogP contribution in [0.1, 0.15) is 26.7 Å². The molecule has 0 aliphatic heterocycles. The van der Waals surface area contributed by atoms with Crippen molar-refractivity contribution in [3.8, 4) is 5.75 Å². The third-order valence-electron chi connectivity index (χ3n) is 2.35. The Kier molecular flexibility index (Phi) is 5.95. The highest BCUT2D eigenvalue weighted by Crippen LogP contribution is 2.30. The molecule has 0 fully saturated rings. The lowest BCUT2D eigenvalue weighted by Gasteiger charge is -2.10. The summed E-state index contributed by atoms with van der Waals surface area (Å²) in [6.07, 6.45) is 1.93. The van der Waals surface area contributed by atoms with Crippen LogP contribution in [0.3, 0.4) is 0 Å². The molecule has 0 heterocycles. The lowest BCUT2D eigenvalue weighted by atomic mass is 10.1. The van der Waals surface area contributed by atoms with Crippen molar-refractivity contribution in [2.24, 2.45) is 5.92 Å². The molecule has 1 rings (SSSR count). The van der Waals surface area contributed by atoms with Crippen LogP contribution in [0.4, 0.5) is 0 Å². The summed E-state index contributed by atoms with van der Waals surface area (Å²) >= 11 is 3.21. The summed E-state index contributed by atoms with van der Waals surface area (Å²) in [6, 6.07) is 4.78. The number of benzene rings is 1. The second-order valence-corrected chi connectivity index (χ2v) is 7.86. The molecule has 0 saturated heterocycles. The summed E-state index contributed by atoms with van der Waals surface area (Å²) in [4.78, 5) is 0.00286. The molecular formula is C12H16BrClO3S. The van der Waals surface area contributed by atoms with E-state index in [2.05, 4.69) is 29.8 Å². The zero-order valence-corrected chi connectivity index (χ0v) is 13.5. The van der Waals surface area contributed by atoms with Gasteiger partial charge in [-0.15, -0.1) is 0 Å². The van der Waals surface area contributed by atoms with Crippen LogP contribution in [-0.2, 0) is 9.05 Å². The first-order chi connectivity index (χ1) is 8.30. The third kappa shape index (κ3) is 5.16. The number of hydrogen-bond acceptors (Lipinski definition) is 3. The van der Waals surface area contributed by atoms with Crippen LogP contribution in [0, 0.1) is 5.92 Å². The van der Waals surface area contributed by atoms with Gasteiger partial charge in [0.05, 0.1) is 6.61 Å². The van der Waals surface area contributed by atoms with Crippen molar-refractivity contribution in [2.45, 2.75) is 31.6 Å². The van der Waals surface area contributed by atoms with E-state index in [4.69, 9.17) is 15.4 Å². The zero-order valence-electron chi connectivity index (χ0n) is 10.3. The molecule has 0 N–H and O–H groups in total. The standard InChI is InChI=1S/C12H16BrClO3S/c1-9(2)4-3-7-17-11-6-5-10(13)8-12(11)18(14,15)16/h5-6,8-9H,3-4,7H2,1-2H3. The second kappa shape index (κ2) is 6.78. The van der Waals surface area contributed by atoms with Gasteiger partial charge in [-0.3, -0.25) is 0 Å². The lowest BCUT2D eigenvalue weighted by molar-refractivity contribution is 0.291. The Morgan fingerprint density at radius 1 is 1.39 bits per heavy atom. The summed E-state index contributed by atoms with van der Waals surface area (Å²) < 4.78 is 29.0. The average Bonchev–Trinajstić information content (AvgIpc) is 2.24. The van der Waals surface area contributed by atoms with E-state index < -0.39 is 9.05 Å². The van der Waals surface area contributed by atoms with Gasteiger partial charge in [-0.1, -0.05) is 29.8 Å². The number of halogens is 2. The number of hydrogen-bond donors (Lipinski definition) is 0. The average molecular weight is 356 g/mol. The fourth-order valence-electron chi connectivity index (χ4n) is 1.47. The maximum atomic E-state index is 11.4. The smallest absolute Gasteiger partial charge is 0.265 e. The van der Waals surface area contributed by atoms with E-state index in [-0.39, 0.29) is 4.90 Å². The van der Waals surface area contributed by atoms with Crippen molar-refractivity contribution in [3.63, 3.8) is 0 Å². The molecule has 6 heteroatoms. The van der Waals surface area contributed by atoms with Crippen LogP contribution < -0.4 is 4.74 Å². The van der Waals surface area contributed by atoms with Crippen molar-refractivity contribution in [1.29, 1.82) is 0 Å². The van der Waals surface area contributed by atoms with Crippen LogP contribution in [0.15, 0.2) is 27.6 Å². The monoisotopic (exact) mass is 354 g/mol. The molecule has 18 heavy (non-hydrogen) atoms. The molecule has 0 bridgehead atoms. The van der Waals surface area contributed by atoms with Gasteiger partial charge in [0.25, 0.3) is 9.05 Å². The SMILES string of the molecule is CC(C)CCCOc1ccc(Br)cc1S(=O)(=O)Cl. The summed E-state index contributed by atoms with van der Waals surface area (Å²) in [7, 11) is 1.58. The van der Waals surface area contributed by atoms with E-state index in [1.165, 1.54) is 6.07 Å². The molecule has 102 valence electrons. The summed E-state index contributed by atoms with van der Waals surface area (Å²) in [5, 5.41) is 0. The van der Waals surface area contributed by atoms with Gasteiger partial charge in [0.1, 0.15) is 10.6 Å². The largest absolute Gasteiger partial charge is 0.492 e. The Labute approximate surface area is 121 Å². The molecule has 0 spiro atoms. The van der Waals surface area contributed by atoms with Crippen molar-refractivity contribution in [3.05, 3.63) is 22.7 Å². The fraction of sp³-hybridized carbons (Fsp3) is 0.500. The van der Waals surface area contributed by atoms with Crippen LogP contribution in [0.25, 0.3) is 0 Å². The van der Waals surface area contributed by atoms with Crippen LogP contribution in [0.2, 0.25) is 0 Å². The van der Waals surface area contributed by atoms with E-state index in [1.807, 2.05) is 0 Å². The maximum Gasteiger partial charge on any atom is 0.265 e. The number of ether oxygens (including phenoxy) is 1. The van der Waals surface area contributed by atoms with Crippen molar-refractivity contribution < 1.29 is 13.2 Å². The maximum absolute atomic E-state index is 11.4. The van der Waals surface area contributed by atoms with Gasteiger partial charge in [-0.25, -0.2) is 8.42 Å². The van der Waals surface area contributed by atoms with Crippen molar-refractivity contribution in [1.82, 2.24) is 0 Å². The first-order valence-corrected chi connectivity index (χ1v) is 8.78. The van der Waals surface area contributed by atoms with Gasteiger partial charge >= 0.3 is 0 Å². The Hall–Kier alpha value is -0.260. The molecule has 1 aromatic rings. The fourth-order valence-corrected chi connectivity index (χ4v) is 2.97. The first kappa shape index (κ1) is 15.8. The minimum absolute atomic E-state index is 0.00286. The lowest BCUT2D eigenvalue weighted by Crippen LogP contribution is -2.03. The topological polar surface area (TPSA) is 43.4 Å². The summed E-state index contributed by atoms with van der Waals surface area (Å²) in [5.41, 5.74) is 0. The third-order valence-corrected chi connectivity index (χ3v) is 4.19. The van der Waals surface area contributed by atoms with Gasteiger partial charge in [0.2, 0.25) is 0 Å². The summed E-state index contributed by atoms with van der Waals surface area (Å²) in [6.45, 7) is 4.75. The van der Waals surface area contributed by atoms with Crippen LogP contribution >= 0.6 is 26.6 Å². The molecule has 1 aromatic carbocycles. The van der Waals surface area contributed by atoms with E-state index in [1.54, 1.807) is 12.1 Å². The van der Waals surface area contributed by atoms with Crippen LogP contribution in [0.5, 0.6) is 5.75 Å². The highest BCUT2D eigenvalue weighted by molar-refractivity contribution is 9.10. The van der Waals surface area contributed by atoms with E-state index in [9.17, 15) is 8.42 Å². The molecule has 0 aliphatic rings. The molecule has 0 radical (unpaired) electrons. The van der Waals surface area contributed by atoms with Gasteiger partial charge in [0.15, 0.2) is 0 Å². The molecule has 0 unspecified atom stereocenters. The van der Waals surface area contributed by atoms with Crippen LogP contribution in [-0.4, -0.2) is 15.0 Å². The molecular weight excluding hydrogens is 340 g/mol. The molecule has 0 saturated carbocycles. The van der Waals surface area contributed by atoms with Crippen molar-refractivity contribution >= 4 is 35.7 Å². The molecule has 3 nitrogen and oxygen atoms in total. The minimum Gasteiger partial charge on any atom is -0.492 e. The Balaban J connectivity index is 2.77. The van der Waals surface area contributed by atoms with E-state index in [0.717, 1.165) is 12.8 Å². The number of rotatable bonds is 6. The normalized spacial score (nSPS) is 11.8. The predicted molar refractivity (Wildman–Crippen MR) is 76.7 cm³/mol. The molecule has 0 amide bonds. The second-order valence-electron chi connectivity index (χ2n) is 4.41. The van der Waals surface area contributed by atoms with Crippen molar-refractivity contribution in [2.75, 3.05) is 6.61 Å². The Morgan fingerprint density at radius 2 is 2.06 bits per heavy atom. The highest BCUT2D eigenvalue weighted by atomic mass is 79.9. The van der Waals surface area contributed by atoms with E-state index in [0.29, 0.717) is 22.7 Å². The molecule has 0 atom stereocenters. The predicted octanol–water partition coefficient (Wildman–Crippen LogP) is 4.19. The quantitative estimate of drug-likeness (QED) is 0.567. The zero-order chi connectivity index (χ0) is 13.8. The Morgan fingerprint density at radius 3 is 2.61 bits per heavy atom. The molecule has 0 aliphatic carbocycles. The summed E-state index contributed by atoms with van der Waals surface area (Å²) in [5.74, 6) is 0.909.